The monoisotopic (exact) mass is 478 g/mol. The summed E-state index contributed by atoms with van der Waals surface area (Å²) in [6.07, 6.45) is 0. The van der Waals surface area contributed by atoms with Crippen LogP contribution in [0.25, 0.3) is 22.2 Å². The maximum Gasteiger partial charge on any atom is 0.261 e. The van der Waals surface area contributed by atoms with E-state index >= 15 is 0 Å². The first kappa shape index (κ1) is 24.1. The van der Waals surface area contributed by atoms with Crippen LogP contribution in [0.3, 0.4) is 0 Å². The normalized spacial score (nSPS) is 16.7. The van der Waals surface area contributed by atoms with E-state index in [4.69, 9.17) is 0 Å². The van der Waals surface area contributed by atoms with Crippen LogP contribution in [0.5, 0.6) is 0 Å². The standard InChI is InChI=1S/C32H34N2O2/c1-31(2,3)21-16-20(17-22(18-21)32(4,5)6)27-25-26(30(36)33(27)7)28(34(8)29(25)35)24-15-11-13-19-12-9-10-14-23(19)24/h9-18H,1-8H3. The number of carbonyl (C=O) groups is 2. The number of hydrogen-bond acceptors (Lipinski definition) is 2. The number of nitrogens with zero attached hydrogens (tertiary/aromatic N) is 2. The summed E-state index contributed by atoms with van der Waals surface area (Å²) < 4.78 is 0. The molecule has 0 fully saturated rings. The van der Waals surface area contributed by atoms with Gasteiger partial charge in [-0.15, -0.1) is 0 Å². The maximum atomic E-state index is 13.8. The molecule has 0 saturated heterocycles. The molecule has 2 heterocycles. The van der Waals surface area contributed by atoms with Crippen LogP contribution >= 0.6 is 0 Å². The Morgan fingerprint density at radius 3 is 1.69 bits per heavy atom. The van der Waals surface area contributed by atoms with E-state index in [1.807, 2.05) is 30.3 Å². The molecular weight excluding hydrogens is 444 g/mol. The highest BCUT2D eigenvalue weighted by molar-refractivity contribution is 6.30. The molecule has 0 aliphatic carbocycles. The first-order chi connectivity index (χ1) is 16.8. The SMILES string of the molecule is CN1C(=O)C2=C(c3cccc4ccccc34)N(C)C(=O)C2=C1c1cc(C(C)(C)C)cc(C(C)(C)C)c1. The molecule has 36 heavy (non-hydrogen) atoms. The van der Waals surface area contributed by atoms with Crippen molar-refractivity contribution in [1.82, 2.24) is 9.80 Å². The van der Waals surface area contributed by atoms with Gasteiger partial charge in [0.2, 0.25) is 0 Å². The van der Waals surface area contributed by atoms with Gasteiger partial charge >= 0.3 is 0 Å². The van der Waals surface area contributed by atoms with Crippen molar-refractivity contribution in [3.63, 3.8) is 0 Å². The van der Waals surface area contributed by atoms with E-state index in [-0.39, 0.29) is 22.6 Å². The number of rotatable bonds is 2. The van der Waals surface area contributed by atoms with Crippen molar-refractivity contribution in [3.05, 3.63) is 94.1 Å². The molecular formula is C32H34N2O2. The molecule has 5 rings (SSSR count). The van der Waals surface area contributed by atoms with Gasteiger partial charge in [-0.05, 0) is 50.4 Å². The van der Waals surface area contributed by atoms with E-state index in [1.54, 1.807) is 23.9 Å². The van der Waals surface area contributed by atoms with Crippen molar-refractivity contribution in [3.8, 4) is 0 Å². The van der Waals surface area contributed by atoms with Crippen LogP contribution in [0.4, 0.5) is 0 Å². The second-order valence-electron chi connectivity index (χ2n) is 12.0. The third kappa shape index (κ3) is 3.59. The number of amides is 2. The number of fused-ring (bicyclic) bond motifs is 2. The van der Waals surface area contributed by atoms with Gasteiger partial charge in [0, 0.05) is 19.7 Å². The average molecular weight is 479 g/mol. The highest BCUT2D eigenvalue weighted by Gasteiger charge is 2.47. The molecule has 3 aromatic rings. The lowest BCUT2D eigenvalue weighted by atomic mass is 9.79. The van der Waals surface area contributed by atoms with E-state index in [9.17, 15) is 9.59 Å². The predicted octanol–water partition coefficient (Wildman–Crippen LogP) is 6.50. The van der Waals surface area contributed by atoms with Gasteiger partial charge in [0.05, 0.1) is 22.5 Å². The molecule has 0 bridgehead atoms. The Labute approximate surface area is 213 Å². The molecule has 2 aliphatic rings. The zero-order valence-electron chi connectivity index (χ0n) is 22.5. The highest BCUT2D eigenvalue weighted by Crippen LogP contribution is 2.47. The van der Waals surface area contributed by atoms with Crippen LogP contribution in [-0.2, 0) is 20.4 Å². The van der Waals surface area contributed by atoms with Crippen molar-refractivity contribution < 1.29 is 9.59 Å². The summed E-state index contributed by atoms with van der Waals surface area (Å²) in [6, 6.07) is 20.7. The van der Waals surface area contributed by atoms with Crippen molar-refractivity contribution >= 4 is 34.0 Å². The van der Waals surface area contributed by atoms with Gasteiger partial charge in [0.25, 0.3) is 11.8 Å². The Kier molecular flexibility index (Phi) is 5.29. The second kappa shape index (κ2) is 7.92. The molecule has 0 spiro atoms. The minimum Gasteiger partial charge on any atom is -0.310 e. The van der Waals surface area contributed by atoms with Crippen LogP contribution in [0.1, 0.15) is 63.8 Å². The third-order valence-electron chi connectivity index (χ3n) is 7.41. The quantitative estimate of drug-likeness (QED) is 0.422. The Balaban J connectivity index is 1.82. The Morgan fingerprint density at radius 2 is 1.11 bits per heavy atom. The molecule has 0 unspecified atom stereocenters. The molecule has 4 heteroatoms. The molecule has 0 radical (unpaired) electrons. The fraction of sp³-hybridized carbons (Fsp3) is 0.312. The van der Waals surface area contributed by atoms with E-state index in [0.29, 0.717) is 22.5 Å². The summed E-state index contributed by atoms with van der Waals surface area (Å²) in [5, 5.41) is 2.10. The van der Waals surface area contributed by atoms with Gasteiger partial charge in [-0.25, -0.2) is 0 Å². The van der Waals surface area contributed by atoms with Crippen LogP contribution < -0.4 is 0 Å². The van der Waals surface area contributed by atoms with Crippen molar-refractivity contribution in [2.75, 3.05) is 14.1 Å². The van der Waals surface area contributed by atoms with Crippen molar-refractivity contribution in [2.45, 2.75) is 52.4 Å². The van der Waals surface area contributed by atoms with Crippen LogP contribution in [0.15, 0.2) is 71.8 Å². The average Bonchev–Trinajstić information content (AvgIpc) is 3.22. The van der Waals surface area contributed by atoms with Gasteiger partial charge in [-0.3, -0.25) is 9.59 Å². The zero-order valence-corrected chi connectivity index (χ0v) is 22.5. The topological polar surface area (TPSA) is 40.6 Å². The smallest absolute Gasteiger partial charge is 0.261 e. The number of benzene rings is 3. The second-order valence-corrected chi connectivity index (χ2v) is 12.0. The Hall–Kier alpha value is -3.66. The summed E-state index contributed by atoms with van der Waals surface area (Å²) in [5.41, 5.74) is 6.39. The third-order valence-corrected chi connectivity index (χ3v) is 7.41. The van der Waals surface area contributed by atoms with Crippen molar-refractivity contribution in [2.24, 2.45) is 0 Å². The van der Waals surface area contributed by atoms with Gasteiger partial charge in [0.1, 0.15) is 0 Å². The Bertz CT molecular complexity index is 1470. The zero-order chi connectivity index (χ0) is 26.2. The summed E-state index contributed by atoms with van der Waals surface area (Å²) in [7, 11) is 3.55. The Morgan fingerprint density at radius 1 is 0.611 bits per heavy atom. The molecule has 0 N–H and O–H groups in total. The fourth-order valence-electron chi connectivity index (χ4n) is 5.24. The minimum atomic E-state index is -0.140. The predicted molar refractivity (Wildman–Crippen MR) is 147 cm³/mol. The number of hydrogen-bond donors (Lipinski definition) is 0. The van der Waals surface area contributed by atoms with E-state index in [0.717, 1.165) is 21.9 Å². The highest BCUT2D eigenvalue weighted by atomic mass is 16.2. The fourth-order valence-corrected chi connectivity index (χ4v) is 5.24. The lowest BCUT2D eigenvalue weighted by Gasteiger charge is -2.27. The van der Waals surface area contributed by atoms with Crippen LogP contribution in [0.2, 0.25) is 0 Å². The number of carbonyl (C=O) groups excluding carboxylic acids is 2. The van der Waals surface area contributed by atoms with Gasteiger partial charge in [-0.2, -0.15) is 0 Å². The molecule has 0 saturated carbocycles. The molecule has 2 amide bonds. The number of likely N-dealkylation sites (N-methyl/N-ethyl adjacent to an activating group) is 2. The lowest BCUT2D eigenvalue weighted by molar-refractivity contribution is -0.123. The molecule has 184 valence electrons. The molecule has 0 atom stereocenters. The lowest BCUT2D eigenvalue weighted by Crippen LogP contribution is -2.26. The van der Waals surface area contributed by atoms with E-state index in [1.165, 1.54) is 11.1 Å². The van der Waals surface area contributed by atoms with Gasteiger partial charge in [0.15, 0.2) is 0 Å². The van der Waals surface area contributed by atoms with E-state index < -0.39 is 0 Å². The largest absolute Gasteiger partial charge is 0.310 e. The van der Waals surface area contributed by atoms with Crippen LogP contribution in [-0.4, -0.2) is 35.7 Å². The minimum absolute atomic E-state index is 0.0777. The first-order valence-corrected chi connectivity index (χ1v) is 12.5. The summed E-state index contributed by atoms with van der Waals surface area (Å²) in [5.74, 6) is -0.279. The summed E-state index contributed by atoms with van der Waals surface area (Å²) >= 11 is 0. The molecule has 3 aromatic carbocycles. The van der Waals surface area contributed by atoms with Gasteiger partial charge in [-0.1, -0.05) is 90.1 Å². The summed E-state index contributed by atoms with van der Waals surface area (Å²) in [4.78, 5) is 30.9. The summed E-state index contributed by atoms with van der Waals surface area (Å²) in [6.45, 7) is 13.2. The van der Waals surface area contributed by atoms with Crippen LogP contribution in [0, 0.1) is 0 Å². The maximum absolute atomic E-state index is 13.8. The first-order valence-electron chi connectivity index (χ1n) is 12.5. The molecule has 4 nitrogen and oxygen atoms in total. The van der Waals surface area contributed by atoms with Crippen molar-refractivity contribution in [1.29, 1.82) is 0 Å². The van der Waals surface area contributed by atoms with E-state index in [2.05, 4.69) is 71.9 Å². The van der Waals surface area contributed by atoms with Gasteiger partial charge < -0.3 is 9.80 Å². The molecule has 0 aromatic heterocycles. The molecule has 2 aliphatic heterocycles.